The average molecular weight is 166 g/mol. The van der Waals surface area contributed by atoms with Crippen molar-refractivity contribution in [3.8, 4) is 0 Å². The van der Waals surface area contributed by atoms with Gasteiger partial charge in [-0.3, -0.25) is 0 Å². The molecule has 1 atom stereocenters. The van der Waals surface area contributed by atoms with Gasteiger partial charge in [-0.15, -0.1) is 6.58 Å². The normalized spacial score (nSPS) is 23.4. The molecule has 1 aliphatic heterocycles. The van der Waals surface area contributed by atoms with Crippen molar-refractivity contribution in [3.05, 3.63) is 24.3 Å². The van der Waals surface area contributed by atoms with E-state index >= 15 is 0 Å². The van der Waals surface area contributed by atoms with Gasteiger partial charge in [0.2, 0.25) is 0 Å². The molecule has 1 aliphatic rings. The highest BCUT2D eigenvalue weighted by molar-refractivity contribution is 5.90. The van der Waals surface area contributed by atoms with Crippen LogP contribution in [0.25, 0.3) is 0 Å². The molecule has 0 saturated carbocycles. The van der Waals surface area contributed by atoms with Crippen molar-refractivity contribution >= 4 is 5.97 Å². The third kappa shape index (κ3) is 1.42. The van der Waals surface area contributed by atoms with E-state index in [0.29, 0.717) is 5.57 Å². The van der Waals surface area contributed by atoms with Gasteiger partial charge in [0.15, 0.2) is 0 Å². The van der Waals surface area contributed by atoms with Crippen LogP contribution in [0, 0.1) is 5.41 Å². The molecule has 0 bridgehead atoms. The summed E-state index contributed by atoms with van der Waals surface area (Å²) in [5, 5.41) is 0. The molecule has 2 heteroatoms. The smallest absolute Gasteiger partial charge is 0.334 e. The van der Waals surface area contributed by atoms with E-state index in [9.17, 15) is 4.79 Å². The Morgan fingerprint density at radius 3 is 2.58 bits per heavy atom. The van der Waals surface area contributed by atoms with Gasteiger partial charge in [0.1, 0.15) is 6.10 Å². The zero-order valence-corrected chi connectivity index (χ0v) is 7.76. The molecule has 0 radical (unpaired) electrons. The molecule has 0 unspecified atom stereocenters. The standard InChI is InChI=1S/C10H14O2/c1-5-10(3,4)8-6-7(2)9(11)12-8/h5-6,8H,1H2,2-4H3/t8-/m0/s1. The number of hydrogen-bond donors (Lipinski definition) is 0. The first-order valence-corrected chi connectivity index (χ1v) is 4.00. The Morgan fingerprint density at radius 2 is 2.25 bits per heavy atom. The van der Waals surface area contributed by atoms with Crippen LogP contribution in [-0.2, 0) is 9.53 Å². The number of hydrogen-bond acceptors (Lipinski definition) is 2. The summed E-state index contributed by atoms with van der Waals surface area (Å²) in [5.41, 5.74) is 0.517. The fourth-order valence-electron chi connectivity index (χ4n) is 1.02. The number of rotatable bonds is 2. The minimum Gasteiger partial charge on any atom is -0.454 e. The summed E-state index contributed by atoms with van der Waals surface area (Å²) < 4.78 is 5.13. The first-order chi connectivity index (χ1) is 5.47. The van der Waals surface area contributed by atoms with Crippen LogP contribution in [0.4, 0.5) is 0 Å². The van der Waals surface area contributed by atoms with Crippen LogP contribution in [0.1, 0.15) is 20.8 Å². The van der Waals surface area contributed by atoms with E-state index in [1.807, 2.05) is 19.9 Å². The topological polar surface area (TPSA) is 26.3 Å². The van der Waals surface area contributed by atoms with Crippen molar-refractivity contribution in [2.24, 2.45) is 5.41 Å². The number of carbonyl (C=O) groups is 1. The molecular weight excluding hydrogens is 152 g/mol. The Bertz CT molecular complexity index is 249. The maximum atomic E-state index is 11.0. The second-order valence-corrected chi connectivity index (χ2v) is 3.70. The SMILES string of the molecule is C=CC(C)(C)[C@@H]1C=C(C)C(=O)O1. The molecule has 0 aromatic carbocycles. The maximum Gasteiger partial charge on any atom is 0.334 e. The van der Waals surface area contributed by atoms with Crippen molar-refractivity contribution in [2.75, 3.05) is 0 Å². The second-order valence-electron chi connectivity index (χ2n) is 3.70. The van der Waals surface area contributed by atoms with Crippen LogP contribution in [0.3, 0.4) is 0 Å². The Hall–Kier alpha value is -1.05. The first kappa shape index (κ1) is 9.04. The lowest BCUT2D eigenvalue weighted by Gasteiger charge is -2.25. The van der Waals surface area contributed by atoms with Crippen molar-refractivity contribution in [1.29, 1.82) is 0 Å². The van der Waals surface area contributed by atoms with Gasteiger partial charge in [-0.05, 0) is 13.0 Å². The Morgan fingerprint density at radius 1 is 1.67 bits per heavy atom. The van der Waals surface area contributed by atoms with E-state index in [-0.39, 0.29) is 17.5 Å². The monoisotopic (exact) mass is 166 g/mol. The van der Waals surface area contributed by atoms with Crippen LogP contribution >= 0.6 is 0 Å². The van der Waals surface area contributed by atoms with Gasteiger partial charge >= 0.3 is 5.97 Å². The molecule has 66 valence electrons. The quantitative estimate of drug-likeness (QED) is 0.463. The third-order valence-electron chi connectivity index (χ3n) is 2.22. The molecule has 0 spiro atoms. The number of ether oxygens (including phenoxy) is 1. The fraction of sp³-hybridized carbons (Fsp3) is 0.500. The summed E-state index contributed by atoms with van der Waals surface area (Å²) >= 11 is 0. The predicted octanol–water partition coefficient (Wildman–Crippen LogP) is 2.07. The minimum atomic E-state index is -0.213. The fourth-order valence-corrected chi connectivity index (χ4v) is 1.02. The lowest BCUT2D eigenvalue weighted by atomic mass is 9.86. The Labute approximate surface area is 72.9 Å². The molecule has 0 aromatic rings. The van der Waals surface area contributed by atoms with Crippen LogP contribution in [-0.4, -0.2) is 12.1 Å². The molecule has 0 N–H and O–H groups in total. The molecule has 0 amide bonds. The van der Waals surface area contributed by atoms with Gasteiger partial charge in [-0.25, -0.2) is 4.79 Å². The van der Waals surface area contributed by atoms with Crippen molar-refractivity contribution in [3.63, 3.8) is 0 Å². The minimum absolute atomic E-state index is 0.150. The van der Waals surface area contributed by atoms with Crippen LogP contribution in [0.15, 0.2) is 24.3 Å². The van der Waals surface area contributed by atoms with E-state index in [1.54, 1.807) is 13.0 Å². The largest absolute Gasteiger partial charge is 0.454 e. The van der Waals surface area contributed by atoms with Gasteiger partial charge in [-0.1, -0.05) is 19.9 Å². The van der Waals surface area contributed by atoms with E-state index < -0.39 is 0 Å². The molecule has 1 heterocycles. The maximum absolute atomic E-state index is 11.0. The molecule has 0 fully saturated rings. The van der Waals surface area contributed by atoms with Crippen LogP contribution in [0.2, 0.25) is 0 Å². The van der Waals surface area contributed by atoms with Crippen molar-refractivity contribution < 1.29 is 9.53 Å². The van der Waals surface area contributed by atoms with E-state index in [1.165, 1.54) is 0 Å². The molecule has 2 nitrogen and oxygen atoms in total. The van der Waals surface area contributed by atoms with Gasteiger partial charge in [0.05, 0.1) is 0 Å². The summed E-state index contributed by atoms with van der Waals surface area (Å²) in [6, 6.07) is 0. The number of carbonyl (C=O) groups excluding carboxylic acids is 1. The molecule has 0 aromatic heterocycles. The third-order valence-corrected chi connectivity index (χ3v) is 2.22. The second kappa shape index (κ2) is 2.77. The van der Waals surface area contributed by atoms with Gasteiger partial charge in [0, 0.05) is 11.0 Å². The summed E-state index contributed by atoms with van der Waals surface area (Å²) in [4.78, 5) is 11.0. The average Bonchev–Trinajstić information content (AvgIpc) is 2.33. The van der Waals surface area contributed by atoms with E-state index in [4.69, 9.17) is 4.74 Å². The van der Waals surface area contributed by atoms with Gasteiger partial charge < -0.3 is 4.74 Å². The van der Waals surface area contributed by atoms with Crippen LogP contribution < -0.4 is 0 Å². The van der Waals surface area contributed by atoms with Crippen molar-refractivity contribution in [1.82, 2.24) is 0 Å². The lowest BCUT2D eigenvalue weighted by Crippen LogP contribution is -2.26. The highest BCUT2D eigenvalue weighted by atomic mass is 16.5. The van der Waals surface area contributed by atoms with E-state index in [0.717, 1.165) is 0 Å². The van der Waals surface area contributed by atoms with Gasteiger partial charge in [-0.2, -0.15) is 0 Å². The summed E-state index contributed by atoms with van der Waals surface area (Å²) in [6.45, 7) is 9.46. The number of cyclic esters (lactones) is 1. The summed E-state index contributed by atoms with van der Waals surface area (Å²) in [7, 11) is 0. The summed E-state index contributed by atoms with van der Waals surface area (Å²) in [6.07, 6.45) is 3.51. The van der Waals surface area contributed by atoms with E-state index in [2.05, 4.69) is 6.58 Å². The zero-order chi connectivity index (χ0) is 9.35. The van der Waals surface area contributed by atoms with Gasteiger partial charge in [0.25, 0.3) is 0 Å². The van der Waals surface area contributed by atoms with Crippen molar-refractivity contribution in [2.45, 2.75) is 26.9 Å². The highest BCUT2D eigenvalue weighted by Crippen LogP contribution is 2.30. The first-order valence-electron chi connectivity index (χ1n) is 4.00. The molecule has 0 aliphatic carbocycles. The van der Waals surface area contributed by atoms with Crippen LogP contribution in [0.5, 0.6) is 0 Å². The Kier molecular flexibility index (Phi) is 2.09. The molecular formula is C10H14O2. The number of esters is 1. The molecule has 12 heavy (non-hydrogen) atoms. The molecule has 0 saturated heterocycles. The highest BCUT2D eigenvalue weighted by Gasteiger charge is 2.33. The zero-order valence-electron chi connectivity index (χ0n) is 7.76. The summed E-state index contributed by atoms with van der Waals surface area (Å²) in [5.74, 6) is -0.213. The predicted molar refractivity (Wildman–Crippen MR) is 47.6 cm³/mol. The Balaban J connectivity index is 2.82. The molecule has 1 rings (SSSR count). The lowest BCUT2D eigenvalue weighted by molar-refractivity contribution is -0.142.